The van der Waals surface area contributed by atoms with Gasteiger partial charge in [0, 0.05) is 18.4 Å². The molecule has 4 rings (SSSR count). The van der Waals surface area contributed by atoms with Gasteiger partial charge in [-0.1, -0.05) is 20.8 Å². The topological polar surface area (TPSA) is 124 Å². The predicted octanol–water partition coefficient (Wildman–Crippen LogP) is 3.40. The molecule has 10 atom stereocenters. The van der Waals surface area contributed by atoms with E-state index in [2.05, 4.69) is 19.2 Å². The molecule has 4 saturated carbocycles. The minimum atomic E-state index is -4.13. The van der Waals surface area contributed by atoms with E-state index in [9.17, 15) is 23.4 Å². The third-order valence-electron chi connectivity index (χ3n) is 10.1. The molecular formula is C26H45NO6S. The van der Waals surface area contributed by atoms with Gasteiger partial charge in [0.2, 0.25) is 5.91 Å². The van der Waals surface area contributed by atoms with Gasteiger partial charge >= 0.3 is 0 Å². The van der Waals surface area contributed by atoms with E-state index in [1.165, 1.54) is 0 Å². The van der Waals surface area contributed by atoms with E-state index < -0.39 is 52.1 Å². The highest BCUT2D eigenvalue weighted by Gasteiger charge is 2.62. The fourth-order valence-corrected chi connectivity index (χ4v) is 8.70. The summed E-state index contributed by atoms with van der Waals surface area (Å²) >= 11 is 0. The summed E-state index contributed by atoms with van der Waals surface area (Å²) in [5.41, 5.74) is -0.885. The summed E-state index contributed by atoms with van der Waals surface area (Å²) in [6, 6.07) is 0. The number of aliphatic hydroxyl groups is 2. The normalized spacial score (nSPS) is 52.4. The fraction of sp³-hybridized carbons (Fsp3) is 0.962. The number of nitrogens with one attached hydrogen (secondary N) is 1. The lowest BCUT2D eigenvalue weighted by Gasteiger charge is -2.62. The minimum absolute atomic E-state index is 0.0882. The van der Waals surface area contributed by atoms with Gasteiger partial charge in [-0.3, -0.25) is 9.35 Å². The predicted molar refractivity (Wildman–Crippen MR) is 130 cm³/mol. The molecule has 0 heterocycles. The zero-order chi connectivity index (χ0) is 29.4. The maximum atomic E-state index is 12.2. The minimum Gasteiger partial charge on any atom is -0.393 e. The summed E-state index contributed by atoms with van der Waals surface area (Å²) in [5.74, 6) is -1.14. The van der Waals surface area contributed by atoms with E-state index in [-0.39, 0.29) is 60.8 Å². The van der Waals surface area contributed by atoms with Crippen molar-refractivity contribution < 1.29 is 34.8 Å². The van der Waals surface area contributed by atoms with Crippen molar-refractivity contribution in [3.8, 4) is 0 Å². The summed E-state index contributed by atoms with van der Waals surface area (Å²) in [5, 5.41) is 24.7. The van der Waals surface area contributed by atoms with Crippen molar-refractivity contribution in [2.45, 2.75) is 97.1 Å². The zero-order valence-corrected chi connectivity index (χ0v) is 21.4. The first-order valence-electron chi connectivity index (χ1n) is 15.3. The second-order valence-corrected chi connectivity index (χ2v) is 13.5. The Morgan fingerprint density at radius 3 is 2.59 bits per heavy atom. The molecule has 8 heteroatoms. The molecule has 0 unspecified atom stereocenters. The smallest absolute Gasteiger partial charge is 0.266 e. The number of fused-ring (bicyclic) bond motifs is 5. The van der Waals surface area contributed by atoms with Crippen molar-refractivity contribution in [3.63, 3.8) is 0 Å². The van der Waals surface area contributed by atoms with Gasteiger partial charge in [0.05, 0.1) is 19.3 Å². The van der Waals surface area contributed by atoms with Crippen LogP contribution in [0, 0.1) is 46.3 Å². The fourth-order valence-electron chi connectivity index (χ4n) is 8.34. The maximum absolute atomic E-state index is 12.2. The van der Waals surface area contributed by atoms with Crippen LogP contribution in [0.2, 0.25) is 0 Å². The Hall–Kier alpha value is -0.700. The first-order valence-corrected chi connectivity index (χ1v) is 14.4. The number of carbonyl (C=O) groups is 1. The van der Waals surface area contributed by atoms with Gasteiger partial charge in [-0.2, -0.15) is 8.42 Å². The molecule has 4 aliphatic rings. The second kappa shape index (κ2) is 9.64. The van der Waals surface area contributed by atoms with E-state index in [0.29, 0.717) is 18.8 Å². The van der Waals surface area contributed by atoms with Crippen LogP contribution in [0.5, 0.6) is 0 Å². The maximum Gasteiger partial charge on any atom is 0.266 e. The lowest BCUT2D eigenvalue weighted by molar-refractivity contribution is -0.174. The first-order chi connectivity index (χ1) is 17.7. The molecule has 4 fully saturated rings. The Morgan fingerprint density at radius 1 is 1.18 bits per heavy atom. The molecule has 0 aromatic carbocycles. The van der Waals surface area contributed by atoms with E-state index in [1.807, 2.05) is 6.92 Å². The van der Waals surface area contributed by atoms with Crippen molar-refractivity contribution in [3.05, 3.63) is 0 Å². The van der Waals surface area contributed by atoms with Gasteiger partial charge in [0.25, 0.3) is 10.1 Å². The molecule has 1 amide bonds. The Bertz CT molecular complexity index is 1070. The Labute approximate surface area is 212 Å². The Morgan fingerprint density at radius 2 is 1.88 bits per heavy atom. The van der Waals surface area contributed by atoms with Crippen LogP contribution in [-0.2, 0) is 14.9 Å². The molecule has 0 aliphatic heterocycles. The van der Waals surface area contributed by atoms with Crippen molar-refractivity contribution in [1.29, 1.82) is 0 Å². The average Bonchev–Trinajstić information content (AvgIpc) is 3.14. The lowest BCUT2D eigenvalue weighted by atomic mass is 9.43. The zero-order valence-electron chi connectivity index (χ0n) is 25.6. The van der Waals surface area contributed by atoms with E-state index in [0.717, 1.165) is 19.3 Å². The SMILES string of the molecule is [2H]C1([2H])C[C@@]2(C)[C@@H]3CC[C@]4(C)[C@H](CC[C@H]4[C@@H](C)CCC(=O)NCCS(=O)(=O)O)[C@H]3[C@H](O)C[C@H]2C([2H])([2H])[C@@]1([2H])O. The highest BCUT2D eigenvalue weighted by molar-refractivity contribution is 7.85. The van der Waals surface area contributed by atoms with Crippen molar-refractivity contribution in [2.24, 2.45) is 46.3 Å². The summed E-state index contributed by atoms with van der Waals surface area (Å²) in [6.45, 7) is 6.16. The van der Waals surface area contributed by atoms with Gasteiger partial charge in [-0.15, -0.1) is 0 Å². The van der Waals surface area contributed by atoms with E-state index >= 15 is 0 Å². The molecule has 0 aromatic rings. The molecule has 0 radical (unpaired) electrons. The highest BCUT2D eigenvalue weighted by Crippen LogP contribution is 2.68. The van der Waals surface area contributed by atoms with Crippen molar-refractivity contribution in [2.75, 3.05) is 12.3 Å². The molecule has 34 heavy (non-hydrogen) atoms. The third kappa shape index (κ3) is 4.94. The van der Waals surface area contributed by atoms with Crippen LogP contribution in [0.4, 0.5) is 0 Å². The van der Waals surface area contributed by atoms with Crippen LogP contribution in [-0.4, -0.2) is 53.6 Å². The molecule has 0 bridgehead atoms. The molecule has 4 aliphatic carbocycles. The first kappa shape index (κ1) is 20.4. The number of amides is 1. The largest absolute Gasteiger partial charge is 0.393 e. The van der Waals surface area contributed by atoms with Gasteiger partial charge in [-0.05, 0) is 104 Å². The molecule has 0 aromatic heterocycles. The van der Waals surface area contributed by atoms with Crippen LogP contribution < -0.4 is 5.32 Å². The number of hydrogen-bond acceptors (Lipinski definition) is 5. The third-order valence-corrected chi connectivity index (χ3v) is 10.8. The summed E-state index contributed by atoms with van der Waals surface area (Å²) in [7, 11) is -4.13. The van der Waals surface area contributed by atoms with E-state index in [1.54, 1.807) is 0 Å². The van der Waals surface area contributed by atoms with Gasteiger partial charge in [0.15, 0.2) is 0 Å². The standard InChI is InChI=1S/C26H45NO6S/c1-16(4-7-23(30)27-12-13-34(31,32)33)19-5-6-20-24-21(9-11-26(19,20)3)25(2)10-8-18(28)14-17(25)15-22(24)29/h16-22,24,28-29H,4-15H2,1-3H3,(H,27,30)(H,31,32,33)/t16-,17+,18-,19-,20+,21+,22+,24+,25+,26-/m0/s1/i8D2,14D2,18D. The lowest BCUT2D eigenvalue weighted by Crippen LogP contribution is -2.58. The second-order valence-electron chi connectivity index (χ2n) is 11.9. The molecular weight excluding hydrogens is 454 g/mol. The highest BCUT2D eigenvalue weighted by atomic mass is 32.2. The molecule has 196 valence electrons. The van der Waals surface area contributed by atoms with Gasteiger partial charge in [-0.25, -0.2) is 0 Å². The Balaban J connectivity index is 1.49. The van der Waals surface area contributed by atoms with Crippen LogP contribution in [0.1, 0.15) is 91.7 Å². The molecule has 7 nitrogen and oxygen atoms in total. The summed E-state index contributed by atoms with van der Waals surface area (Å²) in [6.07, 6.45) is -4.38. The molecule has 4 N–H and O–H groups in total. The van der Waals surface area contributed by atoms with Crippen molar-refractivity contribution in [1.82, 2.24) is 5.32 Å². The number of aliphatic hydroxyl groups excluding tert-OH is 1. The summed E-state index contributed by atoms with van der Waals surface area (Å²) in [4.78, 5) is 12.2. The summed E-state index contributed by atoms with van der Waals surface area (Å²) < 4.78 is 73.1. The number of carbonyl (C=O) groups excluding carboxylic acids is 1. The van der Waals surface area contributed by atoms with Crippen LogP contribution in [0.3, 0.4) is 0 Å². The average molecular weight is 505 g/mol. The van der Waals surface area contributed by atoms with E-state index in [4.69, 9.17) is 11.4 Å². The monoisotopic (exact) mass is 504 g/mol. The van der Waals surface area contributed by atoms with Crippen molar-refractivity contribution >= 4 is 16.0 Å². The van der Waals surface area contributed by atoms with Crippen LogP contribution in [0.25, 0.3) is 0 Å². The Kier molecular flexibility index (Phi) is 5.77. The molecule has 0 saturated heterocycles. The number of rotatable bonds is 7. The van der Waals surface area contributed by atoms with Gasteiger partial charge < -0.3 is 15.5 Å². The quantitative estimate of drug-likeness (QED) is 0.394. The van der Waals surface area contributed by atoms with Gasteiger partial charge in [0.1, 0.15) is 0 Å². The molecule has 0 spiro atoms. The van der Waals surface area contributed by atoms with Crippen LogP contribution in [0.15, 0.2) is 0 Å². The van der Waals surface area contributed by atoms with Crippen LogP contribution >= 0.6 is 0 Å². The number of hydrogen-bond donors (Lipinski definition) is 4.